The van der Waals surface area contributed by atoms with Crippen LogP contribution in [0.2, 0.25) is 0 Å². The van der Waals surface area contributed by atoms with Gasteiger partial charge in [0, 0.05) is 13.0 Å². The van der Waals surface area contributed by atoms with E-state index in [1.165, 1.54) is 17.8 Å². The van der Waals surface area contributed by atoms with E-state index in [-0.39, 0.29) is 6.61 Å². The van der Waals surface area contributed by atoms with Crippen LogP contribution in [0.1, 0.15) is 41.6 Å². The van der Waals surface area contributed by atoms with Crippen LogP contribution in [-0.4, -0.2) is 37.4 Å². The summed E-state index contributed by atoms with van der Waals surface area (Å²) in [5.41, 5.74) is 1.63. The lowest BCUT2D eigenvalue weighted by atomic mass is 9.82. The maximum absolute atomic E-state index is 9.37. The van der Waals surface area contributed by atoms with Crippen molar-refractivity contribution in [1.29, 1.82) is 0 Å². The van der Waals surface area contributed by atoms with Crippen LogP contribution < -0.4 is 0 Å². The number of methoxy groups -OCH3 is 1. The van der Waals surface area contributed by atoms with E-state index < -0.39 is 0 Å². The van der Waals surface area contributed by atoms with E-state index >= 15 is 0 Å². The monoisotopic (exact) mass is 281 g/mol. The molecule has 0 radical (unpaired) electrons. The average Bonchev–Trinajstić information content (AvgIpc) is 2.94. The van der Waals surface area contributed by atoms with Crippen molar-refractivity contribution in [2.45, 2.75) is 38.4 Å². The zero-order chi connectivity index (χ0) is 13.2. The Hall–Kier alpha value is -1.38. The summed E-state index contributed by atoms with van der Waals surface area (Å²) >= 11 is 1.43. The van der Waals surface area contributed by atoms with Gasteiger partial charge in [0.2, 0.25) is 5.13 Å². The van der Waals surface area contributed by atoms with Gasteiger partial charge in [0.15, 0.2) is 0 Å². The van der Waals surface area contributed by atoms with Crippen molar-refractivity contribution >= 4 is 11.3 Å². The Morgan fingerprint density at radius 3 is 2.84 bits per heavy atom. The molecule has 0 atom stereocenters. The first-order chi connectivity index (χ1) is 9.33. The molecular weight excluding hydrogens is 266 g/mol. The second-order valence-electron chi connectivity index (χ2n) is 4.53. The third kappa shape index (κ3) is 2.26. The summed E-state index contributed by atoms with van der Waals surface area (Å²) in [5.74, 6) is 0.423. The molecule has 1 fully saturated rings. The Morgan fingerprint density at radius 2 is 2.21 bits per heavy atom. The van der Waals surface area contributed by atoms with Gasteiger partial charge in [-0.25, -0.2) is 0 Å². The number of aromatic nitrogens is 5. The number of ether oxygens (including phenoxy) is 1. The smallest absolute Gasteiger partial charge is 0.234 e. The molecule has 0 unspecified atom stereocenters. The summed E-state index contributed by atoms with van der Waals surface area (Å²) in [6.07, 6.45) is 3.44. The van der Waals surface area contributed by atoms with Crippen LogP contribution in [0.15, 0.2) is 0 Å². The van der Waals surface area contributed by atoms with Gasteiger partial charge in [0.05, 0.1) is 12.3 Å². The summed E-state index contributed by atoms with van der Waals surface area (Å²) in [6.45, 7) is 0.355. The molecule has 2 aromatic rings. The summed E-state index contributed by atoms with van der Waals surface area (Å²) in [4.78, 5) is 0. The molecule has 7 nitrogen and oxygen atoms in total. The summed E-state index contributed by atoms with van der Waals surface area (Å²) in [7, 11) is 1.63. The molecule has 1 N–H and O–H groups in total. The van der Waals surface area contributed by atoms with E-state index in [1.807, 2.05) is 0 Å². The van der Waals surface area contributed by atoms with Gasteiger partial charge in [-0.1, -0.05) is 23.0 Å². The van der Waals surface area contributed by atoms with Crippen molar-refractivity contribution in [3.63, 3.8) is 0 Å². The van der Waals surface area contributed by atoms with Crippen LogP contribution in [0.4, 0.5) is 0 Å². The van der Waals surface area contributed by atoms with Gasteiger partial charge in [0.25, 0.3) is 0 Å². The third-order valence-electron chi connectivity index (χ3n) is 3.33. The van der Waals surface area contributed by atoms with Gasteiger partial charge >= 0.3 is 0 Å². The van der Waals surface area contributed by atoms with Crippen LogP contribution in [0.5, 0.6) is 0 Å². The van der Waals surface area contributed by atoms with Crippen molar-refractivity contribution in [2.24, 2.45) is 0 Å². The fraction of sp³-hybridized carbons (Fsp3) is 0.636. The Balaban J connectivity index is 1.96. The van der Waals surface area contributed by atoms with Gasteiger partial charge < -0.3 is 9.84 Å². The maximum atomic E-state index is 9.37. The van der Waals surface area contributed by atoms with E-state index in [9.17, 15) is 5.11 Å². The van der Waals surface area contributed by atoms with Crippen molar-refractivity contribution in [3.05, 3.63) is 16.4 Å². The molecule has 2 aromatic heterocycles. The lowest BCUT2D eigenvalue weighted by Gasteiger charge is -2.25. The van der Waals surface area contributed by atoms with Crippen LogP contribution in [0.3, 0.4) is 0 Å². The van der Waals surface area contributed by atoms with Gasteiger partial charge in [-0.15, -0.1) is 15.3 Å². The first-order valence-electron chi connectivity index (χ1n) is 6.20. The summed E-state index contributed by atoms with van der Waals surface area (Å²) in [6, 6.07) is 0. The molecule has 102 valence electrons. The maximum Gasteiger partial charge on any atom is 0.234 e. The molecule has 1 aliphatic rings. The van der Waals surface area contributed by atoms with E-state index in [0.717, 1.165) is 23.5 Å². The Bertz CT molecular complexity index is 563. The predicted octanol–water partition coefficient (Wildman–Crippen LogP) is 1.02. The van der Waals surface area contributed by atoms with Crippen molar-refractivity contribution in [1.82, 2.24) is 25.2 Å². The van der Waals surface area contributed by atoms with Crippen LogP contribution in [-0.2, 0) is 18.0 Å². The van der Waals surface area contributed by atoms with Crippen LogP contribution in [0, 0.1) is 0 Å². The topological polar surface area (TPSA) is 86.0 Å². The molecule has 0 aromatic carbocycles. The summed E-state index contributed by atoms with van der Waals surface area (Å²) in [5, 5.41) is 27.2. The standard InChI is InChI=1S/C11H15N5O2S/c1-18-6-9-13-14-11(19-9)16-10(7-3-2-4-7)8(5-17)12-15-16/h7,17H,2-6H2,1H3. The second-order valence-corrected chi connectivity index (χ2v) is 5.57. The number of aliphatic hydroxyl groups excluding tert-OH is 1. The Morgan fingerprint density at radius 1 is 1.37 bits per heavy atom. The molecule has 0 spiro atoms. The fourth-order valence-electron chi connectivity index (χ4n) is 2.18. The Kier molecular flexibility index (Phi) is 3.54. The van der Waals surface area contributed by atoms with Crippen molar-refractivity contribution in [2.75, 3.05) is 7.11 Å². The quantitative estimate of drug-likeness (QED) is 0.880. The SMILES string of the molecule is COCc1nnc(-n2nnc(CO)c2C2CCC2)s1. The van der Waals surface area contributed by atoms with Crippen LogP contribution in [0.25, 0.3) is 5.13 Å². The minimum atomic E-state index is -0.0877. The molecule has 8 heteroatoms. The third-order valence-corrected chi connectivity index (χ3v) is 4.20. The van der Waals surface area contributed by atoms with E-state index in [1.54, 1.807) is 11.8 Å². The largest absolute Gasteiger partial charge is 0.390 e. The van der Waals surface area contributed by atoms with E-state index in [2.05, 4.69) is 20.5 Å². The minimum absolute atomic E-state index is 0.0877. The van der Waals surface area contributed by atoms with E-state index in [0.29, 0.717) is 23.4 Å². The molecular formula is C11H15N5O2S. The lowest BCUT2D eigenvalue weighted by Crippen LogP contribution is -2.16. The number of hydrogen-bond acceptors (Lipinski definition) is 7. The highest BCUT2D eigenvalue weighted by molar-refractivity contribution is 7.13. The predicted molar refractivity (Wildman–Crippen MR) is 68.1 cm³/mol. The van der Waals surface area contributed by atoms with Crippen LogP contribution >= 0.6 is 11.3 Å². The first-order valence-corrected chi connectivity index (χ1v) is 7.02. The molecule has 1 aliphatic carbocycles. The molecule has 2 heterocycles. The summed E-state index contributed by atoms with van der Waals surface area (Å²) < 4.78 is 6.75. The van der Waals surface area contributed by atoms with Crippen molar-refractivity contribution in [3.8, 4) is 5.13 Å². The molecule has 0 aliphatic heterocycles. The molecule has 19 heavy (non-hydrogen) atoms. The first kappa shape index (κ1) is 12.6. The molecule has 1 saturated carbocycles. The van der Waals surface area contributed by atoms with Gasteiger partial charge in [-0.2, -0.15) is 4.68 Å². The highest BCUT2D eigenvalue weighted by atomic mass is 32.1. The minimum Gasteiger partial charge on any atom is -0.390 e. The van der Waals surface area contributed by atoms with E-state index in [4.69, 9.17) is 4.74 Å². The Labute approximate surface area is 114 Å². The molecule has 0 bridgehead atoms. The number of nitrogens with zero attached hydrogens (tertiary/aromatic N) is 5. The lowest BCUT2D eigenvalue weighted by molar-refractivity contribution is 0.184. The average molecular weight is 281 g/mol. The zero-order valence-corrected chi connectivity index (χ0v) is 11.4. The normalized spacial score (nSPS) is 15.7. The van der Waals surface area contributed by atoms with Gasteiger partial charge in [-0.05, 0) is 12.8 Å². The zero-order valence-electron chi connectivity index (χ0n) is 10.6. The molecule has 0 saturated heterocycles. The van der Waals surface area contributed by atoms with Crippen molar-refractivity contribution < 1.29 is 9.84 Å². The van der Waals surface area contributed by atoms with Gasteiger partial charge in [0.1, 0.15) is 17.3 Å². The highest BCUT2D eigenvalue weighted by Gasteiger charge is 2.29. The fourth-order valence-corrected chi connectivity index (χ4v) is 2.95. The highest BCUT2D eigenvalue weighted by Crippen LogP contribution is 2.38. The second kappa shape index (κ2) is 5.32. The molecule has 3 rings (SSSR count). The number of hydrogen-bond donors (Lipinski definition) is 1. The molecule has 0 amide bonds. The number of rotatable bonds is 5. The number of aliphatic hydroxyl groups is 1. The van der Waals surface area contributed by atoms with Gasteiger partial charge in [-0.3, -0.25) is 0 Å².